The first-order valence-electron chi connectivity index (χ1n) is 7.55. The van der Waals surface area contributed by atoms with E-state index in [1.54, 1.807) is 6.33 Å². The Labute approximate surface area is 125 Å². The van der Waals surface area contributed by atoms with Gasteiger partial charge in [-0.2, -0.15) is 0 Å². The molecule has 0 radical (unpaired) electrons. The molecule has 0 saturated carbocycles. The topological polar surface area (TPSA) is 54.5 Å². The van der Waals surface area contributed by atoms with Crippen molar-refractivity contribution in [1.29, 1.82) is 0 Å². The van der Waals surface area contributed by atoms with Gasteiger partial charge in [-0.25, -0.2) is 15.0 Å². The number of nitrogens with one attached hydrogen (secondary N) is 1. The first kappa shape index (κ1) is 14.0. The number of imidazole rings is 1. The Kier molecular flexibility index (Phi) is 3.19. The maximum absolute atomic E-state index is 4.87. The van der Waals surface area contributed by atoms with E-state index in [1.807, 2.05) is 6.92 Å². The monoisotopic (exact) mass is 282 g/mol. The fourth-order valence-electron chi connectivity index (χ4n) is 3.03. The lowest BCUT2D eigenvalue weighted by molar-refractivity contribution is 0.860. The van der Waals surface area contributed by atoms with Crippen LogP contribution >= 0.6 is 0 Å². The summed E-state index contributed by atoms with van der Waals surface area (Å²) in [5.41, 5.74) is 8.75. The molecule has 0 unspecified atom stereocenters. The van der Waals surface area contributed by atoms with Crippen molar-refractivity contribution in [2.24, 2.45) is 0 Å². The van der Waals surface area contributed by atoms with Crippen LogP contribution in [0.25, 0.3) is 22.1 Å². The smallest absolute Gasteiger partial charge is 0.116 e. The minimum Gasteiger partial charge on any atom is -0.356 e. The zero-order valence-electron chi connectivity index (χ0n) is 13.6. The highest BCUT2D eigenvalue weighted by molar-refractivity contribution is 6.00. The molecule has 0 aliphatic rings. The van der Waals surface area contributed by atoms with Crippen LogP contribution in [-0.2, 0) is 0 Å². The molecule has 4 nitrogen and oxygen atoms in total. The van der Waals surface area contributed by atoms with Crippen molar-refractivity contribution in [3.8, 4) is 0 Å². The van der Waals surface area contributed by atoms with Crippen molar-refractivity contribution >= 4 is 22.1 Å². The van der Waals surface area contributed by atoms with Gasteiger partial charge in [0.25, 0.3) is 0 Å². The third-order valence-corrected chi connectivity index (χ3v) is 4.16. The summed E-state index contributed by atoms with van der Waals surface area (Å²) in [6.07, 6.45) is 1.67. The van der Waals surface area contributed by atoms with E-state index in [4.69, 9.17) is 4.98 Å². The molecule has 1 aromatic carbocycles. The lowest BCUT2D eigenvalue weighted by Crippen LogP contribution is -2.04. The second-order valence-electron chi connectivity index (χ2n) is 6.38. The Hall–Kier alpha value is -1.97. The van der Waals surface area contributed by atoms with Gasteiger partial charge in [0.05, 0.1) is 27.8 Å². The van der Waals surface area contributed by atoms with E-state index >= 15 is 0 Å². The minimum atomic E-state index is 0.357. The third-order valence-electron chi connectivity index (χ3n) is 4.16. The minimum absolute atomic E-state index is 0.357. The molecule has 0 aliphatic heterocycles. The standard InChI is InChI=1S/C17H22N4/c1-8(2)12-14-15(19-7-18-14)13(9(3)4)17-16(12)20-10(5)11(6)21-17/h7-9,20H,1-6H3. The molecule has 3 aromatic rings. The van der Waals surface area contributed by atoms with Crippen LogP contribution in [0.2, 0.25) is 0 Å². The molecular weight excluding hydrogens is 260 g/mol. The first-order valence-corrected chi connectivity index (χ1v) is 7.55. The van der Waals surface area contributed by atoms with E-state index in [9.17, 15) is 0 Å². The Morgan fingerprint density at radius 2 is 1.43 bits per heavy atom. The van der Waals surface area contributed by atoms with Gasteiger partial charge < -0.3 is 4.98 Å². The Morgan fingerprint density at radius 3 is 2.00 bits per heavy atom. The summed E-state index contributed by atoms with van der Waals surface area (Å²) in [5, 5.41) is 0. The predicted molar refractivity (Wildman–Crippen MR) is 86.8 cm³/mol. The Balaban J connectivity index is 2.62. The lowest BCUT2D eigenvalue weighted by atomic mass is 9.92. The molecule has 0 fully saturated rings. The van der Waals surface area contributed by atoms with Gasteiger partial charge in [-0.3, -0.25) is 0 Å². The molecule has 0 amide bonds. The fraction of sp³-hybridized carbons (Fsp3) is 0.471. The van der Waals surface area contributed by atoms with Crippen molar-refractivity contribution in [2.75, 3.05) is 0 Å². The van der Waals surface area contributed by atoms with Crippen LogP contribution in [-0.4, -0.2) is 19.9 Å². The fourth-order valence-corrected chi connectivity index (χ4v) is 3.03. The highest BCUT2D eigenvalue weighted by Gasteiger charge is 2.22. The van der Waals surface area contributed by atoms with Crippen molar-refractivity contribution in [3.63, 3.8) is 0 Å². The first-order chi connectivity index (χ1) is 9.91. The summed E-state index contributed by atoms with van der Waals surface area (Å²) in [7, 11) is 0. The van der Waals surface area contributed by atoms with Gasteiger partial charge in [-0.1, -0.05) is 27.7 Å². The number of fused-ring (bicyclic) bond motifs is 2. The van der Waals surface area contributed by atoms with Gasteiger partial charge in [0.1, 0.15) is 6.33 Å². The van der Waals surface area contributed by atoms with E-state index in [0.29, 0.717) is 11.8 Å². The lowest BCUT2D eigenvalue weighted by Gasteiger charge is -2.18. The van der Waals surface area contributed by atoms with Crippen LogP contribution in [0.1, 0.15) is 62.0 Å². The summed E-state index contributed by atoms with van der Waals surface area (Å²) in [6, 6.07) is 0. The highest BCUT2D eigenvalue weighted by atomic mass is 14.9. The molecule has 21 heavy (non-hydrogen) atoms. The van der Waals surface area contributed by atoms with Gasteiger partial charge in [-0.15, -0.1) is 0 Å². The SMILES string of the molecule is Cc1nc2c(C(C)C)c3ncnc3c(C(C)C)c2[nH]c1C. The quantitative estimate of drug-likeness (QED) is 0.759. The van der Waals surface area contributed by atoms with Gasteiger partial charge in [0, 0.05) is 16.8 Å². The molecule has 0 spiro atoms. The van der Waals surface area contributed by atoms with Crippen LogP contribution < -0.4 is 0 Å². The van der Waals surface area contributed by atoms with Crippen LogP contribution in [0.4, 0.5) is 0 Å². The number of benzene rings is 1. The van der Waals surface area contributed by atoms with Crippen LogP contribution in [0.3, 0.4) is 0 Å². The molecule has 2 heterocycles. The van der Waals surface area contributed by atoms with Crippen LogP contribution in [0.5, 0.6) is 0 Å². The van der Waals surface area contributed by atoms with E-state index in [0.717, 1.165) is 33.5 Å². The average Bonchev–Trinajstić information content (AvgIpc) is 2.84. The van der Waals surface area contributed by atoms with Gasteiger partial charge in [0.2, 0.25) is 0 Å². The molecule has 110 valence electrons. The Morgan fingerprint density at radius 1 is 0.857 bits per heavy atom. The van der Waals surface area contributed by atoms with E-state index in [1.165, 1.54) is 11.1 Å². The highest BCUT2D eigenvalue weighted by Crippen LogP contribution is 2.37. The summed E-state index contributed by atoms with van der Waals surface area (Å²) >= 11 is 0. The predicted octanol–water partition coefficient (Wildman–Crippen LogP) is 4.37. The molecule has 4 heteroatoms. The van der Waals surface area contributed by atoms with Crippen molar-refractivity contribution < 1.29 is 0 Å². The van der Waals surface area contributed by atoms with Gasteiger partial charge in [0.15, 0.2) is 0 Å². The zero-order valence-corrected chi connectivity index (χ0v) is 13.6. The molecule has 0 saturated heterocycles. The third kappa shape index (κ3) is 2.01. The molecular formula is C17H22N4. The summed E-state index contributed by atoms with van der Waals surface area (Å²) in [5.74, 6) is 0.726. The molecule has 3 rings (SSSR count). The molecule has 0 bridgehead atoms. The van der Waals surface area contributed by atoms with Crippen molar-refractivity contribution in [3.05, 3.63) is 28.8 Å². The number of nitrogens with zero attached hydrogens (tertiary/aromatic N) is 3. The number of hydrogen-bond donors (Lipinski definition) is 1. The molecule has 0 atom stereocenters. The summed E-state index contributed by atoms with van der Waals surface area (Å²) in [6.45, 7) is 12.9. The zero-order chi connectivity index (χ0) is 15.3. The van der Waals surface area contributed by atoms with Crippen molar-refractivity contribution in [2.45, 2.75) is 53.4 Å². The number of hydrogen-bond acceptors (Lipinski definition) is 3. The number of aromatic nitrogens is 4. The second kappa shape index (κ2) is 4.79. The maximum atomic E-state index is 4.87. The van der Waals surface area contributed by atoms with E-state index in [-0.39, 0.29) is 0 Å². The summed E-state index contributed by atoms with van der Waals surface area (Å²) in [4.78, 5) is 17.5. The van der Waals surface area contributed by atoms with Crippen LogP contribution in [0, 0.1) is 13.8 Å². The Bertz CT molecular complexity index is 760. The van der Waals surface area contributed by atoms with Crippen LogP contribution in [0.15, 0.2) is 6.33 Å². The molecule has 0 aliphatic carbocycles. The van der Waals surface area contributed by atoms with E-state index < -0.39 is 0 Å². The number of aryl methyl sites for hydroxylation is 2. The normalized spacial score (nSPS) is 12.2. The second-order valence-corrected chi connectivity index (χ2v) is 6.38. The van der Waals surface area contributed by atoms with Gasteiger partial charge in [-0.05, 0) is 25.7 Å². The van der Waals surface area contributed by atoms with E-state index in [2.05, 4.69) is 49.6 Å². The number of rotatable bonds is 2. The summed E-state index contributed by atoms with van der Waals surface area (Å²) < 4.78 is 0. The molecule has 2 aromatic heterocycles. The van der Waals surface area contributed by atoms with Gasteiger partial charge >= 0.3 is 0 Å². The number of H-pyrrole nitrogens is 1. The largest absolute Gasteiger partial charge is 0.356 e. The molecule has 1 N–H and O–H groups in total. The van der Waals surface area contributed by atoms with Crippen molar-refractivity contribution in [1.82, 2.24) is 19.9 Å². The average molecular weight is 282 g/mol. The maximum Gasteiger partial charge on any atom is 0.116 e. The number of aromatic amines is 1.